The van der Waals surface area contributed by atoms with Crippen LogP contribution in [0.3, 0.4) is 0 Å². The third-order valence-corrected chi connectivity index (χ3v) is 3.16. The summed E-state index contributed by atoms with van der Waals surface area (Å²) in [6.45, 7) is 7.15. The minimum Gasteiger partial charge on any atom is -0.394 e. The Hall–Kier alpha value is -1.29. The van der Waals surface area contributed by atoms with Gasteiger partial charge in [-0.3, -0.25) is 0 Å². The number of rotatable bonds is 7. The second-order valence-electron chi connectivity index (χ2n) is 4.21. The zero-order valence-electron chi connectivity index (χ0n) is 11.0. The Balaban J connectivity index is 2.82. The lowest BCUT2D eigenvalue weighted by molar-refractivity contribution is 0.202. The normalized spacial score (nSPS) is 11.3. The molecule has 0 aliphatic heterocycles. The number of hydrogen-bond donors (Lipinski definition) is 3. The number of aromatic nitrogens is 1. The smallest absolute Gasteiger partial charge is 0.128 e. The number of pyridine rings is 1. The van der Waals surface area contributed by atoms with Gasteiger partial charge in [0.05, 0.1) is 12.1 Å². The highest BCUT2D eigenvalue weighted by atomic mass is 16.3. The third-order valence-electron chi connectivity index (χ3n) is 3.16. The molecule has 0 amide bonds. The molecule has 1 heterocycles. The van der Waals surface area contributed by atoms with Crippen molar-refractivity contribution < 1.29 is 5.11 Å². The van der Waals surface area contributed by atoms with Crippen LogP contribution in [-0.4, -0.2) is 28.8 Å². The summed E-state index contributed by atoms with van der Waals surface area (Å²) in [5.74, 6) is 1.66. The van der Waals surface area contributed by atoms with E-state index >= 15 is 0 Å². The molecule has 0 bridgehead atoms. The van der Waals surface area contributed by atoms with Gasteiger partial charge in [-0.15, -0.1) is 0 Å². The lowest BCUT2D eigenvalue weighted by Gasteiger charge is -2.31. The van der Waals surface area contributed by atoms with E-state index in [1.165, 1.54) is 0 Å². The van der Waals surface area contributed by atoms with Gasteiger partial charge in [0, 0.05) is 6.54 Å². The Bertz CT molecular complexity index is 329. The fraction of sp³-hybridized carbons (Fsp3) is 0.615. The molecule has 17 heavy (non-hydrogen) atoms. The molecule has 0 saturated heterocycles. The first-order chi connectivity index (χ1) is 8.19. The molecule has 0 saturated carbocycles. The van der Waals surface area contributed by atoms with Crippen LogP contribution in [-0.2, 0) is 0 Å². The summed E-state index contributed by atoms with van der Waals surface area (Å²) in [5, 5.41) is 16.0. The predicted octanol–water partition coefficient (Wildman–Crippen LogP) is 2.48. The van der Waals surface area contributed by atoms with Crippen molar-refractivity contribution in [3.8, 4) is 0 Å². The molecule has 0 aliphatic rings. The van der Waals surface area contributed by atoms with Gasteiger partial charge in [-0.05, 0) is 31.9 Å². The van der Waals surface area contributed by atoms with E-state index in [0.717, 1.165) is 31.0 Å². The largest absolute Gasteiger partial charge is 0.394 e. The molecule has 4 nitrogen and oxygen atoms in total. The van der Waals surface area contributed by atoms with Crippen LogP contribution in [0.1, 0.15) is 33.6 Å². The van der Waals surface area contributed by atoms with Crippen molar-refractivity contribution in [2.75, 3.05) is 23.8 Å². The molecule has 0 spiro atoms. The van der Waals surface area contributed by atoms with Crippen LogP contribution in [0.15, 0.2) is 18.2 Å². The molecule has 3 N–H and O–H groups in total. The summed E-state index contributed by atoms with van der Waals surface area (Å²) in [5.41, 5.74) is -0.266. The van der Waals surface area contributed by atoms with Crippen LogP contribution in [0.4, 0.5) is 11.6 Å². The van der Waals surface area contributed by atoms with Gasteiger partial charge in [-0.1, -0.05) is 19.9 Å². The van der Waals surface area contributed by atoms with Crippen molar-refractivity contribution in [1.29, 1.82) is 0 Å². The molecule has 1 aromatic rings. The Morgan fingerprint density at radius 3 is 2.35 bits per heavy atom. The summed E-state index contributed by atoms with van der Waals surface area (Å²) in [7, 11) is 0. The highest BCUT2D eigenvalue weighted by molar-refractivity contribution is 5.46. The van der Waals surface area contributed by atoms with Crippen LogP contribution in [0, 0.1) is 0 Å². The summed E-state index contributed by atoms with van der Waals surface area (Å²) in [6.07, 6.45) is 1.74. The Morgan fingerprint density at radius 2 is 1.82 bits per heavy atom. The van der Waals surface area contributed by atoms with E-state index in [-0.39, 0.29) is 12.1 Å². The molecule has 0 aromatic carbocycles. The van der Waals surface area contributed by atoms with E-state index in [0.29, 0.717) is 0 Å². The number of nitrogens with one attached hydrogen (secondary N) is 2. The Labute approximate surface area is 103 Å². The zero-order chi connectivity index (χ0) is 12.7. The van der Waals surface area contributed by atoms with Gasteiger partial charge in [0.2, 0.25) is 0 Å². The second kappa shape index (κ2) is 6.45. The van der Waals surface area contributed by atoms with Gasteiger partial charge in [0.15, 0.2) is 0 Å². The maximum Gasteiger partial charge on any atom is 0.128 e. The molecule has 96 valence electrons. The molecule has 0 fully saturated rings. The van der Waals surface area contributed by atoms with Crippen LogP contribution >= 0.6 is 0 Å². The van der Waals surface area contributed by atoms with Crippen molar-refractivity contribution in [1.82, 2.24) is 4.98 Å². The summed E-state index contributed by atoms with van der Waals surface area (Å²) >= 11 is 0. The standard InChI is InChI=1S/C13H23N3O/c1-4-13(5-2,10-17)16-12-9-7-8-11(15-12)14-6-3/h7-9,17H,4-6,10H2,1-3H3,(H2,14,15,16). The molecule has 0 aliphatic carbocycles. The van der Waals surface area contributed by atoms with E-state index in [9.17, 15) is 5.11 Å². The van der Waals surface area contributed by atoms with Crippen molar-refractivity contribution in [3.05, 3.63) is 18.2 Å². The van der Waals surface area contributed by atoms with Crippen molar-refractivity contribution in [2.24, 2.45) is 0 Å². The van der Waals surface area contributed by atoms with Gasteiger partial charge >= 0.3 is 0 Å². The number of anilines is 2. The van der Waals surface area contributed by atoms with Crippen LogP contribution in [0.2, 0.25) is 0 Å². The van der Waals surface area contributed by atoms with Crippen molar-refractivity contribution in [3.63, 3.8) is 0 Å². The first kappa shape index (κ1) is 13.8. The van der Waals surface area contributed by atoms with Crippen LogP contribution in [0.25, 0.3) is 0 Å². The van der Waals surface area contributed by atoms with Gasteiger partial charge in [0.1, 0.15) is 11.6 Å². The lowest BCUT2D eigenvalue weighted by atomic mass is 9.94. The van der Waals surface area contributed by atoms with Crippen LogP contribution < -0.4 is 10.6 Å². The van der Waals surface area contributed by atoms with Gasteiger partial charge in [-0.25, -0.2) is 4.98 Å². The summed E-state index contributed by atoms with van der Waals surface area (Å²) < 4.78 is 0. The van der Waals surface area contributed by atoms with Crippen molar-refractivity contribution in [2.45, 2.75) is 39.2 Å². The van der Waals surface area contributed by atoms with Gasteiger partial charge < -0.3 is 15.7 Å². The molecule has 0 unspecified atom stereocenters. The summed E-state index contributed by atoms with van der Waals surface area (Å²) in [6, 6.07) is 5.82. The Kier molecular flexibility index (Phi) is 5.22. The van der Waals surface area contributed by atoms with Crippen molar-refractivity contribution >= 4 is 11.6 Å². The maximum atomic E-state index is 9.50. The topological polar surface area (TPSA) is 57.2 Å². The SMILES string of the molecule is CCNc1cccc(NC(CC)(CC)CO)n1. The highest BCUT2D eigenvalue weighted by Crippen LogP contribution is 2.21. The number of nitrogens with zero attached hydrogens (tertiary/aromatic N) is 1. The lowest BCUT2D eigenvalue weighted by Crippen LogP contribution is -2.41. The van der Waals surface area contributed by atoms with E-state index in [2.05, 4.69) is 29.5 Å². The van der Waals surface area contributed by atoms with E-state index in [4.69, 9.17) is 0 Å². The molecule has 1 rings (SSSR count). The van der Waals surface area contributed by atoms with Gasteiger partial charge in [0.25, 0.3) is 0 Å². The van der Waals surface area contributed by atoms with Crippen LogP contribution in [0.5, 0.6) is 0 Å². The quantitative estimate of drug-likeness (QED) is 0.682. The minimum atomic E-state index is -0.266. The molecule has 0 atom stereocenters. The number of aliphatic hydroxyl groups is 1. The molecular weight excluding hydrogens is 214 g/mol. The number of hydrogen-bond acceptors (Lipinski definition) is 4. The monoisotopic (exact) mass is 237 g/mol. The highest BCUT2D eigenvalue weighted by Gasteiger charge is 2.25. The maximum absolute atomic E-state index is 9.50. The molecule has 4 heteroatoms. The summed E-state index contributed by atoms with van der Waals surface area (Å²) in [4.78, 5) is 4.46. The fourth-order valence-electron chi connectivity index (χ4n) is 1.75. The van der Waals surface area contributed by atoms with E-state index < -0.39 is 0 Å². The first-order valence-corrected chi connectivity index (χ1v) is 6.29. The Morgan fingerprint density at radius 1 is 1.18 bits per heavy atom. The molecule has 0 radical (unpaired) electrons. The average molecular weight is 237 g/mol. The van der Waals surface area contributed by atoms with E-state index in [1.54, 1.807) is 0 Å². The zero-order valence-corrected chi connectivity index (χ0v) is 11.0. The average Bonchev–Trinajstić information content (AvgIpc) is 2.37. The molecule has 1 aromatic heterocycles. The third kappa shape index (κ3) is 3.60. The minimum absolute atomic E-state index is 0.118. The predicted molar refractivity (Wildman–Crippen MR) is 72.4 cm³/mol. The number of aliphatic hydroxyl groups excluding tert-OH is 1. The molecular formula is C13H23N3O. The second-order valence-corrected chi connectivity index (χ2v) is 4.21. The first-order valence-electron chi connectivity index (χ1n) is 6.29. The fourth-order valence-corrected chi connectivity index (χ4v) is 1.75. The van der Waals surface area contributed by atoms with Gasteiger partial charge in [-0.2, -0.15) is 0 Å². The van der Waals surface area contributed by atoms with E-state index in [1.807, 2.05) is 25.1 Å².